The lowest BCUT2D eigenvalue weighted by molar-refractivity contribution is -0.133. The molecule has 88 valence electrons. The van der Waals surface area contributed by atoms with E-state index in [1.807, 2.05) is 0 Å². The van der Waals surface area contributed by atoms with Gasteiger partial charge in [-0.25, -0.2) is 4.31 Å². The van der Waals surface area contributed by atoms with Crippen molar-refractivity contribution in [3.05, 3.63) is 30.3 Å². The van der Waals surface area contributed by atoms with Crippen LogP contribution in [0.5, 0.6) is 0 Å². The van der Waals surface area contributed by atoms with Gasteiger partial charge in [0, 0.05) is 13.5 Å². The molecule has 0 spiro atoms. The van der Waals surface area contributed by atoms with E-state index in [4.69, 9.17) is 0 Å². The van der Waals surface area contributed by atoms with Crippen molar-refractivity contribution in [1.29, 1.82) is 0 Å². The molecule has 0 unspecified atom stereocenters. The molecule has 0 saturated carbocycles. The van der Waals surface area contributed by atoms with Crippen LogP contribution >= 0.6 is 0 Å². The summed E-state index contributed by atoms with van der Waals surface area (Å²) in [5.74, 6) is -0.775. The molecule has 5 nitrogen and oxygen atoms in total. The van der Waals surface area contributed by atoms with E-state index in [2.05, 4.69) is 4.18 Å². The zero-order valence-corrected chi connectivity index (χ0v) is 9.90. The summed E-state index contributed by atoms with van der Waals surface area (Å²) in [6.07, 6.45) is 0.0157. The maximum atomic E-state index is 11.6. The fourth-order valence-electron chi connectivity index (χ4n) is 0.999. The van der Waals surface area contributed by atoms with Gasteiger partial charge in [-0.3, -0.25) is 4.79 Å². The fourth-order valence-corrected chi connectivity index (χ4v) is 1.84. The number of rotatable bonds is 4. The molecule has 0 aliphatic carbocycles. The Morgan fingerprint density at radius 2 is 1.88 bits per heavy atom. The summed E-state index contributed by atoms with van der Waals surface area (Å²) in [6, 6.07) is 8.38. The Morgan fingerprint density at radius 1 is 1.31 bits per heavy atom. The molecule has 0 saturated heterocycles. The molecular formula is C10H13NO4S. The van der Waals surface area contributed by atoms with Gasteiger partial charge in [0.05, 0.1) is 5.69 Å². The van der Waals surface area contributed by atoms with Crippen LogP contribution in [0.15, 0.2) is 30.3 Å². The number of para-hydroxylation sites is 1. The van der Waals surface area contributed by atoms with Crippen molar-refractivity contribution >= 4 is 22.0 Å². The van der Waals surface area contributed by atoms with Crippen LogP contribution in [0.3, 0.4) is 0 Å². The van der Waals surface area contributed by atoms with Crippen LogP contribution in [-0.4, -0.2) is 21.4 Å². The summed E-state index contributed by atoms with van der Waals surface area (Å²) < 4.78 is 28.4. The maximum absolute atomic E-state index is 11.6. The molecule has 6 heteroatoms. The summed E-state index contributed by atoms with van der Waals surface area (Å²) in [5, 5.41) is 0. The molecule has 0 aliphatic rings. The van der Waals surface area contributed by atoms with Crippen molar-refractivity contribution < 1.29 is 17.4 Å². The highest BCUT2D eigenvalue weighted by Gasteiger charge is 2.22. The molecule has 16 heavy (non-hydrogen) atoms. The average Bonchev–Trinajstić information content (AvgIpc) is 2.28. The lowest BCUT2D eigenvalue weighted by atomic mass is 10.3. The van der Waals surface area contributed by atoms with Crippen molar-refractivity contribution in [3.8, 4) is 0 Å². The minimum absolute atomic E-state index is 0.0157. The zero-order valence-electron chi connectivity index (χ0n) is 9.08. The maximum Gasteiger partial charge on any atom is 0.412 e. The highest BCUT2D eigenvalue weighted by atomic mass is 32.2. The number of carbonyl (C=O) groups is 1. The lowest BCUT2D eigenvalue weighted by Crippen LogP contribution is -2.30. The van der Waals surface area contributed by atoms with Crippen molar-refractivity contribution in [3.63, 3.8) is 0 Å². The highest BCUT2D eigenvalue weighted by molar-refractivity contribution is 7.88. The Hall–Kier alpha value is -1.56. The standard InChI is InChI=1S/C10H13NO4S/c1-3-10(12)15-16(13,14)11(2)9-7-5-4-6-8-9/h4-8H,3H2,1-2H3. The van der Waals surface area contributed by atoms with E-state index in [-0.39, 0.29) is 6.42 Å². The summed E-state index contributed by atoms with van der Waals surface area (Å²) >= 11 is 0. The van der Waals surface area contributed by atoms with Crippen molar-refractivity contribution in [2.75, 3.05) is 11.4 Å². The van der Waals surface area contributed by atoms with E-state index in [0.29, 0.717) is 5.69 Å². The third-order valence-corrected chi connectivity index (χ3v) is 3.22. The molecule has 0 fully saturated rings. The molecular weight excluding hydrogens is 230 g/mol. The molecule has 0 aromatic heterocycles. The van der Waals surface area contributed by atoms with Crippen LogP contribution in [-0.2, 0) is 19.3 Å². The third kappa shape index (κ3) is 2.96. The van der Waals surface area contributed by atoms with Gasteiger partial charge in [-0.1, -0.05) is 25.1 Å². The Bertz CT molecular complexity index is 455. The van der Waals surface area contributed by atoms with Crippen LogP contribution in [0.2, 0.25) is 0 Å². The van der Waals surface area contributed by atoms with Gasteiger partial charge >= 0.3 is 16.3 Å². The summed E-state index contributed by atoms with van der Waals surface area (Å²) in [4.78, 5) is 10.9. The van der Waals surface area contributed by atoms with Gasteiger partial charge in [0.2, 0.25) is 0 Å². The number of nitrogens with zero attached hydrogens (tertiary/aromatic N) is 1. The second-order valence-corrected chi connectivity index (χ2v) is 4.64. The van der Waals surface area contributed by atoms with E-state index in [1.54, 1.807) is 30.3 Å². The van der Waals surface area contributed by atoms with E-state index in [1.165, 1.54) is 14.0 Å². The molecule has 1 aromatic carbocycles. The second-order valence-electron chi connectivity index (χ2n) is 3.07. The summed E-state index contributed by atoms with van der Waals surface area (Å²) in [5.41, 5.74) is 0.436. The van der Waals surface area contributed by atoms with Crippen LogP contribution in [0.4, 0.5) is 5.69 Å². The monoisotopic (exact) mass is 243 g/mol. The van der Waals surface area contributed by atoms with Crippen molar-refractivity contribution in [1.82, 2.24) is 0 Å². The Labute approximate surface area is 94.9 Å². The minimum atomic E-state index is -4.04. The lowest BCUT2D eigenvalue weighted by Gasteiger charge is -2.17. The predicted octanol–water partition coefficient (Wildman–Crippen LogP) is 1.32. The van der Waals surface area contributed by atoms with Gasteiger partial charge in [-0.15, -0.1) is 0 Å². The first-order chi connectivity index (χ1) is 7.47. The number of benzene rings is 1. The van der Waals surface area contributed by atoms with Crippen LogP contribution < -0.4 is 4.31 Å². The van der Waals surface area contributed by atoms with E-state index >= 15 is 0 Å². The van der Waals surface area contributed by atoms with Crippen LogP contribution in [0.1, 0.15) is 13.3 Å². The first-order valence-corrected chi connectivity index (χ1v) is 6.10. The molecule has 0 atom stereocenters. The van der Waals surface area contributed by atoms with Gasteiger partial charge in [0.15, 0.2) is 0 Å². The number of anilines is 1. The number of carbonyl (C=O) groups excluding carboxylic acids is 1. The minimum Gasteiger partial charge on any atom is -0.330 e. The number of hydrogen-bond acceptors (Lipinski definition) is 4. The highest BCUT2D eigenvalue weighted by Crippen LogP contribution is 2.16. The van der Waals surface area contributed by atoms with Crippen LogP contribution in [0, 0.1) is 0 Å². The Morgan fingerprint density at radius 3 is 2.38 bits per heavy atom. The van der Waals surface area contributed by atoms with Gasteiger partial charge < -0.3 is 4.18 Å². The second kappa shape index (κ2) is 4.98. The summed E-state index contributed by atoms with van der Waals surface area (Å²) in [6.45, 7) is 1.53. The van der Waals surface area contributed by atoms with Crippen molar-refractivity contribution in [2.24, 2.45) is 0 Å². The van der Waals surface area contributed by atoms with Gasteiger partial charge in [0.1, 0.15) is 0 Å². The SMILES string of the molecule is CCC(=O)OS(=O)(=O)N(C)c1ccccc1. The van der Waals surface area contributed by atoms with E-state index in [9.17, 15) is 13.2 Å². The van der Waals surface area contributed by atoms with Gasteiger partial charge in [-0.2, -0.15) is 8.42 Å². The molecule has 1 aromatic rings. The zero-order chi connectivity index (χ0) is 12.2. The molecule has 0 radical (unpaired) electrons. The van der Waals surface area contributed by atoms with E-state index in [0.717, 1.165) is 4.31 Å². The quantitative estimate of drug-likeness (QED) is 0.800. The number of hydrogen-bond donors (Lipinski definition) is 0. The summed E-state index contributed by atoms with van der Waals surface area (Å²) in [7, 11) is -2.71. The average molecular weight is 243 g/mol. The smallest absolute Gasteiger partial charge is 0.330 e. The van der Waals surface area contributed by atoms with Gasteiger partial charge in [0.25, 0.3) is 0 Å². The third-order valence-electron chi connectivity index (χ3n) is 1.94. The molecule has 0 bridgehead atoms. The molecule has 0 heterocycles. The molecule has 0 amide bonds. The first-order valence-electron chi connectivity index (χ1n) is 4.73. The Kier molecular flexibility index (Phi) is 3.89. The van der Waals surface area contributed by atoms with Gasteiger partial charge in [-0.05, 0) is 12.1 Å². The topological polar surface area (TPSA) is 63.7 Å². The molecule has 0 aliphatic heterocycles. The molecule has 0 N–H and O–H groups in total. The molecule has 1 rings (SSSR count). The predicted molar refractivity (Wildman–Crippen MR) is 60.1 cm³/mol. The van der Waals surface area contributed by atoms with Crippen molar-refractivity contribution in [2.45, 2.75) is 13.3 Å². The van der Waals surface area contributed by atoms with Crippen LogP contribution in [0.25, 0.3) is 0 Å². The largest absolute Gasteiger partial charge is 0.412 e. The first kappa shape index (κ1) is 12.5. The van der Waals surface area contributed by atoms with E-state index < -0.39 is 16.3 Å². The fraction of sp³-hybridized carbons (Fsp3) is 0.300. The normalized spacial score (nSPS) is 10.9. The Balaban J connectivity index is 2.89.